The summed E-state index contributed by atoms with van der Waals surface area (Å²) in [5.41, 5.74) is 0. The van der Waals surface area contributed by atoms with Crippen molar-refractivity contribution in [3.8, 4) is 0 Å². The number of nitrogens with zero attached hydrogens (tertiary/aromatic N) is 1. The highest BCUT2D eigenvalue weighted by molar-refractivity contribution is 4.86. The van der Waals surface area contributed by atoms with Crippen molar-refractivity contribution in [2.45, 2.75) is 32.7 Å². The van der Waals surface area contributed by atoms with Crippen molar-refractivity contribution in [3.63, 3.8) is 0 Å². The van der Waals surface area contributed by atoms with E-state index in [4.69, 9.17) is 0 Å². The molecule has 0 aromatic heterocycles. The highest BCUT2D eigenvalue weighted by Gasteiger charge is 2.30. The van der Waals surface area contributed by atoms with E-state index in [9.17, 15) is 0 Å². The fraction of sp³-hybridized carbons (Fsp3) is 1.00. The van der Waals surface area contributed by atoms with Gasteiger partial charge in [0.05, 0.1) is 0 Å². The Hall–Kier alpha value is -0.0800. The smallest absolute Gasteiger partial charge is 0.0145 e. The van der Waals surface area contributed by atoms with Gasteiger partial charge in [0, 0.05) is 12.6 Å². The molecule has 0 aromatic carbocycles. The van der Waals surface area contributed by atoms with Crippen LogP contribution in [0.1, 0.15) is 26.7 Å². The van der Waals surface area contributed by atoms with Gasteiger partial charge in [-0.25, -0.2) is 0 Å². The van der Waals surface area contributed by atoms with Gasteiger partial charge < -0.3 is 5.32 Å². The number of piperidine rings is 1. The lowest BCUT2D eigenvalue weighted by Crippen LogP contribution is -2.47. The first-order valence-corrected chi connectivity index (χ1v) is 5.72. The fourth-order valence-corrected chi connectivity index (χ4v) is 2.81. The van der Waals surface area contributed by atoms with Crippen molar-refractivity contribution >= 4 is 0 Å². The molecular formula is C11H22N2. The minimum absolute atomic E-state index is 0.846. The summed E-state index contributed by atoms with van der Waals surface area (Å²) in [5.74, 6) is 1.78. The average Bonchev–Trinajstić information content (AvgIpc) is 2.53. The van der Waals surface area contributed by atoms with Crippen LogP contribution in [0.4, 0.5) is 0 Å². The number of likely N-dealkylation sites (tertiary alicyclic amines) is 1. The molecule has 2 fully saturated rings. The minimum Gasteiger partial charge on any atom is -0.316 e. The van der Waals surface area contributed by atoms with Crippen molar-refractivity contribution in [1.82, 2.24) is 10.2 Å². The van der Waals surface area contributed by atoms with Crippen molar-refractivity contribution in [2.75, 3.05) is 26.2 Å². The second-order valence-electron chi connectivity index (χ2n) is 4.93. The quantitative estimate of drug-likeness (QED) is 0.658. The number of hydrogen-bond acceptors (Lipinski definition) is 2. The second kappa shape index (κ2) is 3.97. The monoisotopic (exact) mass is 182 g/mol. The van der Waals surface area contributed by atoms with Gasteiger partial charge >= 0.3 is 0 Å². The molecular weight excluding hydrogens is 160 g/mol. The summed E-state index contributed by atoms with van der Waals surface area (Å²) in [6.45, 7) is 9.90. The Morgan fingerprint density at radius 3 is 2.69 bits per heavy atom. The predicted octanol–water partition coefficient (Wildman–Crippen LogP) is 1.33. The molecule has 2 heteroatoms. The third-order valence-electron chi connectivity index (χ3n) is 3.66. The Balaban J connectivity index is 1.91. The van der Waals surface area contributed by atoms with Crippen LogP contribution in [0.15, 0.2) is 0 Å². The predicted molar refractivity (Wildman–Crippen MR) is 55.8 cm³/mol. The summed E-state index contributed by atoms with van der Waals surface area (Å²) < 4.78 is 0. The summed E-state index contributed by atoms with van der Waals surface area (Å²) in [7, 11) is 0. The van der Waals surface area contributed by atoms with E-state index in [0.29, 0.717) is 0 Å². The molecule has 0 spiro atoms. The summed E-state index contributed by atoms with van der Waals surface area (Å²) in [6, 6.07) is 0.867. The van der Waals surface area contributed by atoms with Gasteiger partial charge in [-0.05, 0) is 44.3 Å². The Kier molecular flexibility index (Phi) is 2.89. The maximum atomic E-state index is 3.47. The summed E-state index contributed by atoms with van der Waals surface area (Å²) in [4.78, 5) is 2.72. The lowest BCUT2D eigenvalue weighted by atomic mass is 9.94. The van der Waals surface area contributed by atoms with Crippen LogP contribution in [0.3, 0.4) is 0 Å². The van der Waals surface area contributed by atoms with E-state index in [2.05, 4.69) is 24.1 Å². The molecule has 2 aliphatic rings. The third-order valence-corrected chi connectivity index (χ3v) is 3.66. The van der Waals surface area contributed by atoms with Crippen LogP contribution >= 0.6 is 0 Å². The normalized spacial score (nSPS) is 42.5. The molecule has 1 N–H and O–H groups in total. The van der Waals surface area contributed by atoms with E-state index in [0.717, 1.165) is 17.9 Å². The van der Waals surface area contributed by atoms with Crippen molar-refractivity contribution in [2.24, 2.45) is 11.8 Å². The molecule has 76 valence electrons. The van der Waals surface area contributed by atoms with Gasteiger partial charge in [0.25, 0.3) is 0 Å². The molecule has 0 radical (unpaired) electrons. The Labute approximate surface area is 81.7 Å². The van der Waals surface area contributed by atoms with Gasteiger partial charge in [-0.1, -0.05) is 13.8 Å². The van der Waals surface area contributed by atoms with E-state index in [1.807, 2.05) is 0 Å². The topological polar surface area (TPSA) is 15.3 Å². The van der Waals surface area contributed by atoms with Crippen molar-refractivity contribution in [1.29, 1.82) is 0 Å². The molecule has 2 rings (SSSR count). The maximum Gasteiger partial charge on any atom is 0.0145 e. The lowest BCUT2D eigenvalue weighted by Gasteiger charge is -2.36. The lowest BCUT2D eigenvalue weighted by molar-refractivity contribution is 0.144. The van der Waals surface area contributed by atoms with Gasteiger partial charge in [-0.3, -0.25) is 4.90 Å². The Bertz CT molecular complexity index is 169. The maximum absolute atomic E-state index is 3.47. The zero-order valence-electron chi connectivity index (χ0n) is 8.92. The molecule has 0 bridgehead atoms. The van der Waals surface area contributed by atoms with E-state index >= 15 is 0 Å². The molecule has 2 saturated heterocycles. The van der Waals surface area contributed by atoms with E-state index in [1.165, 1.54) is 39.0 Å². The van der Waals surface area contributed by atoms with E-state index in [1.54, 1.807) is 0 Å². The van der Waals surface area contributed by atoms with Gasteiger partial charge in [-0.2, -0.15) is 0 Å². The molecule has 0 amide bonds. The van der Waals surface area contributed by atoms with Gasteiger partial charge in [0.15, 0.2) is 0 Å². The zero-order chi connectivity index (χ0) is 9.26. The van der Waals surface area contributed by atoms with Crippen molar-refractivity contribution in [3.05, 3.63) is 0 Å². The third kappa shape index (κ3) is 2.05. The summed E-state index contributed by atoms with van der Waals surface area (Å²) in [6.07, 6.45) is 2.77. The first-order chi connectivity index (χ1) is 6.27. The number of hydrogen-bond donors (Lipinski definition) is 1. The molecule has 2 heterocycles. The SMILES string of the molecule is CC1CCN(C2CCNCC2C)C1. The highest BCUT2D eigenvalue weighted by Crippen LogP contribution is 2.24. The highest BCUT2D eigenvalue weighted by atomic mass is 15.2. The standard InChI is InChI=1S/C11H22N2/c1-9-4-6-13(8-9)11-3-5-12-7-10(11)2/h9-12H,3-8H2,1-2H3. The van der Waals surface area contributed by atoms with Crippen molar-refractivity contribution < 1.29 is 0 Å². The summed E-state index contributed by atoms with van der Waals surface area (Å²) >= 11 is 0. The van der Waals surface area contributed by atoms with E-state index in [-0.39, 0.29) is 0 Å². The zero-order valence-corrected chi connectivity index (χ0v) is 8.92. The molecule has 0 aromatic rings. The number of nitrogens with one attached hydrogen (secondary N) is 1. The molecule has 3 unspecified atom stereocenters. The first kappa shape index (κ1) is 9.47. The van der Waals surface area contributed by atoms with Gasteiger partial charge in [-0.15, -0.1) is 0 Å². The molecule has 2 nitrogen and oxygen atoms in total. The molecule has 0 saturated carbocycles. The molecule has 0 aliphatic carbocycles. The molecule has 3 atom stereocenters. The van der Waals surface area contributed by atoms with Gasteiger partial charge in [0.1, 0.15) is 0 Å². The largest absolute Gasteiger partial charge is 0.316 e. The Morgan fingerprint density at radius 2 is 2.08 bits per heavy atom. The first-order valence-electron chi connectivity index (χ1n) is 5.72. The molecule has 13 heavy (non-hydrogen) atoms. The fourth-order valence-electron chi connectivity index (χ4n) is 2.81. The van der Waals surface area contributed by atoms with Crippen LogP contribution < -0.4 is 5.32 Å². The molecule has 2 aliphatic heterocycles. The summed E-state index contributed by atoms with van der Waals surface area (Å²) in [5, 5.41) is 3.47. The number of rotatable bonds is 1. The van der Waals surface area contributed by atoms with Crippen LogP contribution in [0.25, 0.3) is 0 Å². The van der Waals surface area contributed by atoms with E-state index < -0.39 is 0 Å². The van der Waals surface area contributed by atoms with Crippen LogP contribution in [0.2, 0.25) is 0 Å². The second-order valence-corrected chi connectivity index (χ2v) is 4.93. The average molecular weight is 182 g/mol. The van der Waals surface area contributed by atoms with Crippen LogP contribution in [-0.2, 0) is 0 Å². The minimum atomic E-state index is 0.846. The van der Waals surface area contributed by atoms with Gasteiger partial charge in [0.2, 0.25) is 0 Å². The van der Waals surface area contributed by atoms with Crippen LogP contribution in [0.5, 0.6) is 0 Å². The Morgan fingerprint density at radius 1 is 1.23 bits per heavy atom. The van der Waals surface area contributed by atoms with Crippen LogP contribution in [0, 0.1) is 11.8 Å². The van der Waals surface area contributed by atoms with Crippen LogP contribution in [-0.4, -0.2) is 37.1 Å².